The Morgan fingerprint density at radius 1 is 1.05 bits per heavy atom. The van der Waals surface area contributed by atoms with E-state index < -0.39 is 17.5 Å². The number of benzene rings is 2. The molecule has 2 rings (SSSR count). The second kappa shape index (κ2) is 5.53. The lowest BCUT2D eigenvalue weighted by atomic mass is 10.1. The minimum Gasteiger partial charge on any atom is -0.376 e. The fraction of sp³-hybridized carbons (Fsp3) is 0.143. The normalized spacial score (nSPS) is 10.6. The van der Waals surface area contributed by atoms with Crippen molar-refractivity contribution >= 4 is 17.3 Å². The zero-order chi connectivity index (χ0) is 14.0. The highest BCUT2D eigenvalue weighted by Crippen LogP contribution is 2.24. The molecule has 2 aromatic carbocycles. The monoisotopic (exact) mass is 285 g/mol. The Bertz CT molecular complexity index is 594. The van der Waals surface area contributed by atoms with Gasteiger partial charge in [0.05, 0.1) is 0 Å². The van der Waals surface area contributed by atoms with Gasteiger partial charge in [0.15, 0.2) is 5.82 Å². The van der Waals surface area contributed by atoms with Crippen LogP contribution in [0, 0.1) is 24.4 Å². The van der Waals surface area contributed by atoms with Gasteiger partial charge in [0, 0.05) is 17.1 Å². The van der Waals surface area contributed by atoms with E-state index in [1.165, 1.54) is 31.2 Å². The molecule has 0 bridgehead atoms. The minimum atomic E-state index is -0.726. The molecule has 2 aromatic rings. The molecular weight excluding hydrogens is 275 g/mol. The Kier molecular flexibility index (Phi) is 4.00. The summed E-state index contributed by atoms with van der Waals surface area (Å²) in [5, 5.41) is 2.75. The van der Waals surface area contributed by atoms with Crippen molar-refractivity contribution < 1.29 is 13.2 Å². The van der Waals surface area contributed by atoms with Gasteiger partial charge < -0.3 is 5.32 Å². The van der Waals surface area contributed by atoms with Gasteiger partial charge in [-0.2, -0.15) is 0 Å². The summed E-state index contributed by atoms with van der Waals surface area (Å²) in [5.74, 6) is -1.93. The van der Waals surface area contributed by atoms with Gasteiger partial charge >= 0.3 is 0 Å². The van der Waals surface area contributed by atoms with Crippen molar-refractivity contribution in [3.8, 4) is 0 Å². The van der Waals surface area contributed by atoms with Gasteiger partial charge in [-0.3, -0.25) is 0 Å². The van der Waals surface area contributed by atoms with E-state index in [9.17, 15) is 13.2 Å². The van der Waals surface area contributed by atoms with Crippen molar-refractivity contribution in [1.29, 1.82) is 0 Å². The molecule has 1 nitrogen and oxygen atoms in total. The standard InChI is InChI=1S/C14H11ClF3N/c1-8-5-6-12(17)14(13(8)18)19-7-9-10(15)3-2-4-11(9)16/h2-6,19H,7H2,1H3. The first-order valence-electron chi connectivity index (χ1n) is 5.62. The molecule has 0 spiro atoms. The lowest BCUT2D eigenvalue weighted by Crippen LogP contribution is -2.07. The Labute approximate surface area is 114 Å². The van der Waals surface area contributed by atoms with Crippen molar-refractivity contribution in [2.75, 3.05) is 5.32 Å². The summed E-state index contributed by atoms with van der Waals surface area (Å²) in [6.07, 6.45) is 0. The molecule has 0 atom stereocenters. The van der Waals surface area contributed by atoms with Gasteiger partial charge in [0.1, 0.15) is 17.3 Å². The summed E-state index contributed by atoms with van der Waals surface area (Å²) in [6.45, 7) is 1.43. The summed E-state index contributed by atoms with van der Waals surface area (Å²) >= 11 is 5.84. The maximum atomic E-state index is 13.7. The quantitative estimate of drug-likeness (QED) is 0.863. The van der Waals surface area contributed by atoms with Gasteiger partial charge in [-0.1, -0.05) is 23.7 Å². The summed E-state index contributed by atoms with van der Waals surface area (Å²) in [7, 11) is 0. The van der Waals surface area contributed by atoms with E-state index in [4.69, 9.17) is 11.6 Å². The predicted octanol–water partition coefficient (Wildman–Crippen LogP) is 4.68. The fourth-order valence-corrected chi connectivity index (χ4v) is 1.93. The van der Waals surface area contributed by atoms with Crippen molar-refractivity contribution in [2.24, 2.45) is 0 Å². The average Bonchev–Trinajstić information content (AvgIpc) is 2.37. The van der Waals surface area contributed by atoms with E-state index in [0.717, 1.165) is 6.07 Å². The van der Waals surface area contributed by atoms with Gasteiger partial charge in [0.2, 0.25) is 0 Å². The highest BCUT2D eigenvalue weighted by Gasteiger charge is 2.13. The largest absolute Gasteiger partial charge is 0.376 e. The van der Waals surface area contributed by atoms with E-state index in [-0.39, 0.29) is 22.8 Å². The second-order valence-corrected chi connectivity index (χ2v) is 4.51. The van der Waals surface area contributed by atoms with Crippen LogP contribution in [-0.2, 0) is 6.54 Å². The number of anilines is 1. The van der Waals surface area contributed by atoms with Gasteiger partial charge in [-0.05, 0) is 30.7 Å². The molecule has 19 heavy (non-hydrogen) atoms. The number of nitrogens with one attached hydrogen (secondary N) is 1. The molecule has 0 saturated heterocycles. The van der Waals surface area contributed by atoms with Crippen LogP contribution in [0.4, 0.5) is 18.9 Å². The van der Waals surface area contributed by atoms with Crippen LogP contribution in [-0.4, -0.2) is 0 Å². The van der Waals surface area contributed by atoms with E-state index in [1.807, 2.05) is 0 Å². The van der Waals surface area contributed by atoms with Crippen molar-refractivity contribution in [1.82, 2.24) is 0 Å². The third-order valence-electron chi connectivity index (χ3n) is 2.79. The summed E-state index contributed by atoms with van der Waals surface area (Å²) < 4.78 is 40.8. The maximum absolute atomic E-state index is 13.7. The SMILES string of the molecule is Cc1ccc(F)c(NCc2c(F)cccc2Cl)c1F. The zero-order valence-corrected chi connectivity index (χ0v) is 10.9. The summed E-state index contributed by atoms with van der Waals surface area (Å²) in [4.78, 5) is 0. The molecule has 0 saturated carbocycles. The highest BCUT2D eigenvalue weighted by atomic mass is 35.5. The molecule has 1 N–H and O–H groups in total. The van der Waals surface area contributed by atoms with Crippen LogP contribution >= 0.6 is 11.6 Å². The molecule has 0 amide bonds. The Morgan fingerprint density at radius 2 is 1.79 bits per heavy atom. The lowest BCUT2D eigenvalue weighted by molar-refractivity contribution is 0.580. The molecule has 0 aliphatic carbocycles. The third kappa shape index (κ3) is 2.84. The van der Waals surface area contributed by atoms with E-state index >= 15 is 0 Å². The van der Waals surface area contributed by atoms with Crippen LogP contribution in [0.5, 0.6) is 0 Å². The molecule has 0 aliphatic rings. The van der Waals surface area contributed by atoms with Crippen LogP contribution in [0.1, 0.15) is 11.1 Å². The first-order chi connectivity index (χ1) is 9.00. The zero-order valence-electron chi connectivity index (χ0n) is 10.1. The Morgan fingerprint density at radius 3 is 2.47 bits per heavy atom. The average molecular weight is 286 g/mol. The molecule has 100 valence electrons. The molecule has 5 heteroatoms. The van der Waals surface area contributed by atoms with E-state index in [0.29, 0.717) is 5.56 Å². The van der Waals surface area contributed by atoms with Gasteiger partial charge in [-0.15, -0.1) is 0 Å². The molecule has 0 aromatic heterocycles. The number of aryl methyl sites for hydroxylation is 1. The summed E-state index contributed by atoms with van der Waals surface area (Å²) in [6, 6.07) is 6.72. The van der Waals surface area contributed by atoms with Gasteiger partial charge in [-0.25, -0.2) is 13.2 Å². The number of rotatable bonds is 3. The molecular formula is C14H11ClF3N. The Hall–Kier alpha value is -1.68. The minimum absolute atomic E-state index is 0.0944. The van der Waals surface area contributed by atoms with E-state index in [2.05, 4.69) is 5.32 Å². The Balaban J connectivity index is 2.27. The smallest absolute Gasteiger partial charge is 0.152 e. The van der Waals surface area contributed by atoms with Crippen LogP contribution in [0.15, 0.2) is 30.3 Å². The number of halogens is 4. The predicted molar refractivity (Wildman–Crippen MR) is 69.8 cm³/mol. The highest BCUT2D eigenvalue weighted by molar-refractivity contribution is 6.31. The number of hydrogen-bond donors (Lipinski definition) is 1. The first-order valence-corrected chi connectivity index (χ1v) is 6.00. The molecule has 0 aliphatic heterocycles. The van der Waals surface area contributed by atoms with Crippen molar-refractivity contribution in [3.63, 3.8) is 0 Å². The molecule has 0 heterocycles. The van der Waals surface area contributed by atoms with Crippen LogP contribution in [0.3, 0.4) is 0 Å². The van der Waals surface area contributed by atoms with Crippen LogP contribution < -0.4 is 5.32 Å². The third-order valence-corrected chi connectivity index (χ3v) is 3.14. The van der Waals surface area contributed by atoms with Crippen molar-refractivity contribution in [3.05, 3.63) is 63.9 Å². The van der Waals surface area contributed by atoms with Gasteiger partial charge in [0.25, 0.3) is 0 Å². The van der Waals surface area contributed by atoms with Crippen molar-refractivity contribution in [2.45, 2.75) is 13.5 Å². The second-order valence-electron chi connectivity index (χ2n) is 4.11. The number of hydrogen-bond acceptors (Lipinski definition) is 1. The topological polar surface area (TPSA) is 12.0 Å². The van der Waals surface area contributed by atoms with Crippen LogP contribution in [0.25, 0.3) is 0 Å². The molecule has 0 unspecified atom stereocenters. The lowest BCUT2D eigenvalue weighted by Gasteiger charge is -2.11. The molecule has 0 fully saturated rings. The summed E-state index contributed by atoms with van der Waals surface area (Å²) in [5.41, 5.74) is 0.201. The van der Waals surface area contributed by atoms with E-state index in [1.54, 1.807) is 0 Å². The molecule has 0 radical (unpaired) electrons. The maximum Gasteiger partial charge on any atom is 0.152 e. The van der Waals surface area contributed by atoms with Crippen LogP contribution in [0.2, 0.25) is 5.02 Å². The fourth-order valence-electron chi connectivity index (χ4n) is 1.70. The first kappa shape index (κ1) is 13.7.